The normalized spacial score (nSPS) is 12.8. The average molecular weight is 383 g/mol. The minimum absolute atomic E-state index is 0.0358. The van der Waals surface area contributed by atoms with Crippen molar-refractivity contribution in [1.29, 1.82) is 0 Å². The van der Waals surface area contributed by atoms with Crippen molar-refractivity contribution in [1.82, 2.24) is 5.32 Å². The van der Waals surface area contributed by atoms with Gasteiger partial charge in [-0.25, -0.2) is 9.18 Å². The van der Waals surface area contributed by atoms with E-state index in [0.29, 0.717) is 0 Å². The number of furan rings is 1. The lowest BCUT2D eigenvalue weighted by Gasteiger charge is -2.17. The predicted molar refractivity (Wildman–Crippen MR) is 91.2 cm³/mol. The van der Waals surface area contributed by atoms with Crippen molar-refractivity contribution in [3.8, 4) is 0 Å². The molecule has 0 radical (unpaired) electrons. The molecule has 0 bridgehead atoms. The number of halogens is 2. The Bertz CT molecular complexity index is 809. The Balaban J connectivity index is 1.88. The lowest BCUT2D eigenvalue weighted by atomic mass is 10.2. The van der Waals surface area contributed by atoms with E-state index in [1.807, 2.05) is 0 Å². The van der Waals surface area contributed by atoms with Gasteiger partial charge in [0.1, 0.15) is 11.9 Å². The average Bonchev–Trinajstić information content (AvgIpc) is 3.11. The van der Waals surface area contributed by atoms with E-state index in [1.54, 1.807) is 0 Å². The van der Waals surface area contributed by atoms with Gasteiger partial charge < -0.3 is 19.8 Å². The molecule has 0 aliphatic rings. The zero-order valence-corrected chi connectivity index (χ0v) is 14.7. The first-order chi connectivity index (χ1) is 12.3. The van der Waals surface area contributed by atoms with Gasteiger partial charge in [-0.1, -0.05) is 11.6 Å². The van der Waals surface area contributed by atoms with Gasteiger partial charge >= 0.3 is 5.97 Å². The number of hydrogen-bond donors (Lipinski definition) is 2. The molecule has 2 aromatic rings. The summed E-state index contributed by atoms with van der Waals surface area (Å²) >= 11 is 5.63. The van der Waals surface area contributed by atoms with E-state index in [2.05, 4.69) is 10.6 Å². The zero-order chi connectivity index (χ0) is 19.3. The van der Waals surface area contributed by atoms with Gasteiger partial charge in [-0.05, 0) is 44.2 Å². The van der Waals surface area contributed by atoms with Crippen LogP contribution in [0.3, 0.4) is 0 Å². The summed E-state index contributed by atoms with van der Waals surface area (Å²) in [7, 11) is 0. The molecule has 26 heavy (non-hydrogen) atoms. The van der Waals surface area contributed by atoms with Crippen molar-refractivity contribution < 1.29 is 27.9 Å². The van der Waals surface area contributed by atoms with E-state index in [4.69, 9.17) is 20.8 Å². The second kappa shape index (κ2) is 8.48. The molecule has 0 aliphatic heterocycles. The molecule has 7 nitrogen and oxygen atoms in total. The van der Waals surface area contributed by atoms with E-state index in [-0.39, 0.29) is 16.5 Å². The Morgan fingerprint density at radius 3 is 2.58 bits per heavy atom. The van der Waals surface area contributed by atoms with Crippen LogP contribution in [0.15, 0.2) is 41.0 Å². The van der Waals surface area contributed by atoms with Gasteiger partial charge in [0.2, 0.25) is 0 Å². The van der Waals surface area contributed by atoms with Gasteiger partial charge in [0.25, 0.3) is 11.8 Å². The molecular formula is C17H16ClFN2O5. The number of carbonyl (C=O) groups excluding carboxylic acids is 3. The van der Waals surface area contributed by atoms with Crippen LogP contribution in [-0.4, -0.2) is 29.9 Å². The van der Waals surface area contributed by atoms with Crippen LogP contribution in [0.4, 0.5) is 10.1 Å². The number of ether oxygens (including phenoxy) is 1. The lowest BCUT2D eigenvalue weighted by molar-refractivity contribution is -0.154. The highest BCUT2D eigenvalue weighted by Gasteiger charge is 2.24. The highest BCUT2D eigenvalue weighted by atomic mass is 35.5. The minimum Gasteiger partial charge on any atom is -0.459 e. The molecule has 2 amide bonds. The third kappa shape index (κ3) is 5.06. The fourth-order valence-corrected chi connectivity index (χ4v) is 2.05. The Morgan fingerprint density at radius 1 is 1.23 bits per heavy atom. The fourth-order valence-electron chi connectivity index (χ4n) is 1.89. The molecule has 2 rings (SSSR count). The van der Waals surface area contributed by atoms with Crippen molar-refractivity contribution in [3.63, 3.8) is 0 Å². The number of carbonyl (C=O) groups is 3. The molecule has 0 saturated carbocycles. The summed E-state index contributed by atoms with van der Waals surface area (Å²) in [5.74, 6) is -2.84. The first-order valence-electron chi connectivity index (χ1n) is 7.58. The van der Waals surface area contributed by atoms with Crippen molar-refractivity contribution in [2.45, 2.75) is 26.0 Å². The molecule has 138 valence electrons. The Morgan fingerprint density at radius 2 is 1.96 bits per heavy atom. The highest BCUT2D eigenvalue weighted by Crippen LogP contribution is 2.19. The van der Waals surface area contributed by atoms with Crippen molar-refractivity contribution >= 4 is 35.1 Å². The molecular weight excluding hydrogens is 367 g/mol. The molecule has 1 aromatic carbocycles. The SMILES string of the molecule is C[C@H](NC(=O)c1ccco1)C(=O)O[C@H](C)C(=O)Nc1ccc(Cl)cc1F. The number of nitrogens with one attached hydrogen (secondary N) is 2. The lowest BCUT2D eigenvalue weighted by Crippen LogP contribution is -2.42. The Labute approximate surface area is 153 Å². The summed E-state index contributed by atoms with van der Waals surface area (Å²) in [6.45, 7) is 2.72. The third-order valence-corrected chi connectivity index (χ3v) is 3.53. The number of anilines is 1. The molecule has 1 heterocycles. The summed E-state index contributed by atoms with van der Waals surface area (Å²) in [4.78, 5) is 35.8. The van der Waals surface area contributed by atoms with Gasteiger partial charge in [0.05, 0.1) is 12.0 Å². The van der Waals surface area contributed by atoms with Gasteiger partial charge in [0, 0.05) is 5.02 Å². The summed E-state index contributed by atoms with van der Waals surface area (Å²) in [5, 5.41) is 4.85. The summed E-state index contributed by atoms with van der Waals surface area (Å²) in [6.07, 6.45) is 0.112. The van der Waals surface area contributed by atoms with Gasteiger partial charge in [-0.3, -0.25) is 9.59 Å². The quantitative estimate of drug-likeness (QED) is 0.749. The Hall–Kier alpha value is -2.87. The van der Waals surface area contributed by atoms with Crippen LogP contribution in [0.2, 0.25) is 5.02 Å². The molecule has 0 aliphatic carbocycles. The first kappa shape index (κ1) is 19.5. The number of rotatable bonds is 6. The molecule has 0 fully saturated rings. The number of esters is 1. The molecule has 9 heteroatoms. The maximum atomic E-state index is 13.7. The standard InChI is InChI=1S/C17H16ClFN2O5/c1-9(20-16(23)14-4-3-7-25-14)17(24)26-10(2)15(22)21-13-6-5-11(18)8-12(13)19/h3-10H,1-2H3,(H,20,23)(H,21,22)/t9-,10+/m0/s1. The van der Waals surface area contributed by atoms with Crippen molar-refractivity contribution in [2.24, 2.45) is 0 Å². The largest absolute Gasteiger partial charge is 0.459 e. The van der Waals surface area contributed by atoms with E-state index < -0.39 is 35.7 Å². The second-order valence-corrected chi connectivity index (χ2v) is 5.80. The third-order valence-electron chi connectivity index (χ3n) is 3.30. The number of amides is 2. The maximum Gasteiger partial charge on any atom is 0.329 e. The minimum atomic E-state index is -1.21. The second-order valence-electron chi connectivity index (χ2n) is 5.36. The van der Waals surface area contributed by atoms with E-state index in [0.717, 1.165) is 6.07 Å². The predicted octanol–water partition coefficient (Wildman–Crippen LogP) is 2.76. The molecule has 1 aromatic heterocycles. The summed E-state index contributed by atoms with van der Waals surface area (Å²) in [6, 6.07) is 5.68. The van der Waals surface area contributed by atoms with Crippen LogP contribution >= 0.6 is 11.6 Å². The highest BCUT2D eigenvalue weighted by molar-refractivity contribution is 6.30. The van der Waals surface area contributed by atoms with Gasteiger partial charge in [-0.15, -0.1) is 0 Å². The zero-order valence-electron chi connectivity index (χ0n) is 13.9. The summed E-state index contributed by atoms with van der Waals surface area (Å²) in [5.41, 5.74) is -0.0959. The maximum absolute atomic E-state index is 13.7. The monoisotopic (exact) mass is 382 g/mol. The molecule has 0 spiro atoms. The molecule has 2 atom stereocenters. The van der Waals surface area contributed by atoms with Crippen LogP contribution < -0.4 is 10.6 Å². The molecule has 2 N–H and O–H groups in total. The van der Waals surface area contributed by atoms with Crippen LogP contribution in [-0.2, 0) is 14.3 Å². The number of hydrogen-bond acceptors (Lipinski definition) is 5. The van der Waals surface area contributed by atoms with Gasteiger partial charge in [0.15, 0.2) is 11.9 Å². The van der Waals surface area contributed by atoms with Crippen LogP contribution in [0.1, 0.15) is 24.4 Å². The fraction of sp³-hybridized carbons (Fsp3) is 0.235. The number of benzene rings is 1. The van der Waals surface area contributed by atoms with Crippen LogP contribution in [0, 0.1) is 5.82 Å². The van der Waals surface area contributed by atoms with E-state index in [1.165, 1.54) is 44.4 Å². The van der Waals surface area contributed by atoms with Gasteiger partial charge in [-0.2, -0.15) is 0 Å². The van der Waals surface area contributed by atoms with E-state index >= 15 is 0 Å². The van der Waals surface area contributed by atoms with Crippen molar-refractivity contribution in [2.75, 3.05) is 5.32 Å². The Kier molecular flexibility index (Phi) is 6.35. The smallest absolute Gasteiger partial charge is 0.329 e. The van der Waals surface area contributed by atoms with Crippen molar-refractivity contribution in [3.05, 3.63) is 53.2 Å². The molecule has 0 saturated heterocycles. The van der Waals surface area contributed by atoms with E-state index in [9.17, 15) is 18.8 Å². The first-order valence-corrected chi connectivity index (χ1v) is 7.96. The topological polar surface area (TPSA) is 97.6 Å². The molecule has 0 unspecified atom stereocenters. The summed E-state index contributed by atoms with van der Waals surface area (Å²) < 4.78 is 23.6. The van der Waals surface area contributed by atoms with Crippen LogP contribution in [0.25, 0.3) is 0 Å². The van der Waals surface area contributed by atoms with Crippen LogP contribution in [0.5, 0.6) is 0 Å².